The maximum absolute atomic E-state index is 8.84. The zero-order valence-electron chi connectivity index (χ0n) is 10.7. The Balaban J connectivity index is 2.21. The smallest absolute Gasteiger partial charge is 0.243 e. The standard InChI is InChI=1S/C13H17N3O3/c1-18-11(9-5-3-2-4-6-9)12-15-13(19-16-12)10(14)7-8-17/h2-6,10-11,17H,7-8,14H2,1H3. The van der Waals surface area contributed by atoms with E-state index in [0.29, 0.717) is 18.1 Å². The third-order valence-corrected chi connectivity index (χ3v) is 2.79. The van der Waals surface area contributed by atoms with Crippen LogP contribution in [0.25, 0.3) is 0 Å². The van der Waals surface area contributed by atoms with Gasteiger partial charge in [0.25, 0.3) is 0 Å². The number of aromatic nitrogens is 2. The molecule has 0 saturated heterocycles. The molecule has 2 atom stereocenters. The molecular formula is C13H17N3O3. The summed E-state index contributed by atoms with van der Waals surface area (Å²) in [5, 5.41) is 12.7. The molecule has 3 N–H and O–H groups in total. The molecule has 1 heterocycles. The summed E-state index contributed by atoms with van der Waals surface area (Å²) in [5.74, 6) is 0.735. The third-order valence-electron chi connectivity index (χ3n) is 2.79. The van der Waals surface area contributed by atoms with Gasteiger partial charge in [0.2, 0.25) is 11.7 Å². The number of nitrogens with two attached hydrogens (primary N) is 1. The lowest BCUT2D eigenvalue weighted by atomic mass is 10.1. The molecule has 0 aliphatic rings. The fourth-order valence-corrected chi connectivity index (χ4v) is 1.79. The molecule has 0 saturated carbocycles. The van der Waals surface area contributed by atoms with Gasteiger partial charge < -0.3 is 20.1 Å². The van der Waals surface area contributed by atoms with E-state index in [2.05, 4.69) is 10.1 Å². The van der Waals surface area contributed by atoms with Crippen molar-refractivity contribution in [1.82, 2.24) is 10.1 Å². The molecule has 0 spiro atoms. The molecule has 0 radical (unpaired) electrons. The number of hydrogen-bond donors (Lipinski definition) is 2. The number of aliphatic hydroxyl groups excluding tert-OH is 1. The van der Waals surface area contributed by atoms with Crippen molar-refractivity contribution in [2.45, 2.75) is 18.6 Å². The summed E-state index contributed by atoms with van der Waals surface area (Å²) in [7, 11) is 1.58. The van der Waals surface area contributed by atoms with Gasteiger partial charge in [-0.25, -0.2) is 0 Å². The summed E-state index contributed by atoms with van der Waals surface area (Å²) in [6.07, 6.45) is -0.00928. The molecule has 2 unspecified atom stereocenters. The number of ether oxygens (including phenoxy) is 1. The number of aliphatic hydroxyl groups is 1. The Kier molecular flexibility index (Phi) is 4.62. The van der Waals surface area contributed by atoms with Crippen molar-refractivity contribution < 1.29 is 14.4 Å². The SMILES string of the molecule is COC(c1ccccc1)c1noc(C(N)CCO)n1. The van der Waals surface area contributed by atoms with Crippen LogP contribution in [0.15, 0.2) is 34.9 Å². The Hall–Kier alpha value is -1.76. The van der Waals surface area contributed by atoms with Crippen molar-refractivity contribution in [3.8, 4) is 0 Å². The second-order valence-electron chi connectivity index (χ2n) is 4.14. The summed E-state index contributed by atoms with van der Waals surface area (Å²) < 4.78 is 10.5. The summed E-state index contributed by atoms with van der Waals surface area (Å²) >= 11 is 0. The molecule has 0 aliphatic carbocycles. The zero-order chi connectivity index (χ0) is 13.7. The second kappa shape index (κ2) is 6.42. The summed E-state index contributed by atoms with van der Waals surface area (Å²) in [6.45, 7) is -0.0225. The Morgan fingerprint density at radius 3 is 2.74 bits per heavy atom. The van der Waals surface area contributed by atoms with E-state index in [-0.39, 0.29) is 12.7 Å². The lowest BCUT2D eigenvalue weighted by Crippen LogP contribution is -2.13. The molecule has 0 aliphatic heterocycles. The molecule has 6 nitrogen and oxygen atoms in total. The molecule has 0 fully saturated rings. The van der Waals surface area contributed by atoms with Gasteiger partial charge in [0, 0.05) is 13.7 Å². The summed E-state index contributed by atoms with van der Waals surface area (Å²) in [6, 6.07) is 9.16. The van der Waals surface area contributed by atoms with Crippen LogP contribution in [0.3, 0.4) is 0 Å². The van der Waals surface area contributed by atoms with Crippen LogP contribution < -0.4 is 5.73 Å². The van der Waals surface area contributed by atoms with E-state index in [4.69, 9.17) is 20.1 Å². The van der Waals surface area contributed by atoms with E-state index in [1.165, 1.54) is 0 Å². The van der Waals surface area contributed by atoms with Crippen molar-refractivity contribution in [1.29, 1.82) is 0 Å². The largest absolute Gasteiger partial charge is 0.396 e. The molecule has 2 rings (SSSR count). The van der Waals surface area contributed by atoms with Crippen LogP contribution in [0.5, 0.6) is 0 Å². The highest BCUT2D eigenvalue weighted by Gasteiger charge is 2.22. The van der Waals surface area contributed by atoms with Crippen molar-refractivity contribution in [3.05, 3.63) is 47.6 Å². The number of rotatable bonds is 6. The van der Waals surface area contributed by atoms with Gasteiger partial charge in [-0.1, -0.05) is 35.5 Å². The van der Waals surface area contributed by atoms with E-state index in [1.54, 1.807) is 7.11 Å². The molecule has 19 heavy (non-hydrogen) atoms. The molecule has 0 amide bonds. The minimum atomic E-state index is -0.459. The van der Waals surface area contributed by atoms with Crippen molar-refractivity contribution >= 4 is 0 Å². The highest BCUT2D eigenvalue weighted by Crippen LogP contribution is 2.24. The van der Waals surface area contributed by atoms with Crippen LogP contribution in [0.1, 0.15) is 35.8 Å². The fraction of sp³-hybridized carbons (Fsp3) is 0.385. The quantitative estimate of drug-likeness (QED) is 0.813. The average Bonchev–Trinajstić information content (AvgIpc) is 2.91. The monoisotopic (exact) mass is 263 g/mol. The van der Waals surface area contributed by atoms with Gasteiger partial charge in [0.05, 0.1) is 6.04 Å². The van der Waals surface area contributed by atoms with Crippen LogP contribution in [0.2, 0.25) is 0 Å². The van der Waals surface area contributed by atoms with Crippen molar-refractivity contribution in [3.63, 3.8) is 0 Å². The molecule has 1 aromatic heterocycles. The Bertz CT molecular complexity index is 501. The van der Waals surface area contributed by atoms with E-state index in [1.807, 2.05) is 30.3 Å². The molecule has 1 aromatic carbocycles. The van der Waals surface area contributed by atoms with Gasteiger partial charge >= 0.3 is 0 Å². The lowest BCUT2D eigenvalue weighted by Gasteiger charge is -2.11. The topological polar surface area (TPSA) is 94.4 Å². The number of hydrogen-bond acceptors (Lipinski definition) is 6. The minimum Gasteiger partial charge on any atom is -0.396 e. The normalized spacial score (nSPS) is 14.3. The number of benzene rings is 1. The van der Waals surface area contributed by atoms with E-state index in [9.17, 15) is 0 Å². The Morgan fingerprint density at radius 1 is 1.37 bits per heavy atom. The molecule has 2 aromatic rings. The first-order valence-electron chi connectivity index (χ1n) is 6.04. The van der Waals surface area contributed by atoms with E-state index >= 15 is 0 Å². The van der Waals surface area contributed by atoms with Crippen LogP contribution in [-0.4, -0.2) is 29.0 Å². The van der Waals surface area contributed by atoms with Crippen LogP contribution in [-0.2, 0) is 4.74 Å². The Morgan fingerprint density at radius 2 is 2.11 bits per heavy atom. The predicted molar refractivity (Wildman–Crippen MR) is 68.2 cm³/mol. The van der Waals surface area contributed by atoms with Crippen LogP contribution in [0, 0.1) is 0 Å². The lowest BCUT2D eigenvalue weighted by molar-refractivity contribution is 0.126. The van der Waals surface area contributed by atoms with Crippen molar-refractivity contribution in [2.75, 3.05) is 13.7 Å². The highest BCUT2D eigenvalue weighted by atomic mass is 16.5. The highest BCUT2D eigenvalue weighted by molar-refractivity contribution is 5.22. The number of methoxy groups -OCH3 is 1. The second-order valence-corrected chi connectivity index (χ2v) is 4.14. The molecule has 0 bridgehead atoms. The number of nitrogens with zero attached hydrogens (tertiary/aromatic N) is 2. The summed E-state index contributed by atoms with van der Waals surface area (Å²) in [5.41, 5.74) is 6.74. The molecule has 102 valence electrons. The first-order valence-corrected chi connectivity index (χ1v) is 6.04. The zero-order valence-corrected chi connectivity index (χ0v) is 10.7. The van der Waals surface area contributed by atoms with Gasteiger partial charge in [-0.15, -0.1) is 0 Å². The van der Waals surface area contributed by atoms with Crippen LogP contribution >= 0.6 is 0 Å². The maximum atomic E-state index is 8.84. The first kappa shape index (κ1) is 13.7. The molecular weight excluding hydrogens is 246 g/mol. The minimum absolute atomic E-state index is 0.0225. The van der Waals surface area contributed by atoms with Gasteiger partial charge in [-0.05, 0) is 12.0 Å². The van der Waals surface area contributed by atoms with Crippen LogP contribution in [0.4, 0.5) is 0 Å². The maximum Gasteiger partial charge on any atom is 0.243 e. The van der Waals surface area contributed by atoms with Gasteiger partial charge in [0.1, 0.15) is 6.10 Å². The van der Waals surface area contributed by atoms with Gasteiger partial charge in [-0.3, -0.25) is 0 Å². The van der Waals surface area contributed by atoms with Crippen molar-refractivity contribution in [2.24, 2.45) is 5.73 Å². The molecule has 6 heteroatoms. The average molecular weight is 263 g/mol. The van der Waals surface area contributed by atoms with E-state index < -0.39 is 6.04 Å². The first-order chi connectivity index (χ1) is 9.26. The van der Waals surface area contributed by atoms with Gasteiger partial charge in [-0.2, -0.15) is 4.98 Å². The Labute approximate surface area is 111 Å². The van der Waals surface area contributed by atoms with Gasteiger partial charge in [0.15, 0.2) is 0 Å². The summed E-state index contributed by atoms with van der Waals surface area (Å²) in [4.78, 5) is 4.24. The fourth-order valence-electron chi connectivity index (χ4n) is 1.79. The third kappa shape index (κ3) is 3.17. The van der Waals surface area contributed by atoms with E-state index in [0.717, 1.165) is 5.56 Å². The predicted octanol–water partition coefficient (Wildman–Crippen LogP) is 1.19.